The first-order valence-electron chi connectivity index (χ1n) is 9.69. The van der Waals surface area contributed by atoms with E-state index in [1.807, 2.05) is 70.6 Å². The molecule has 2 heterocycles. The SMILES string of the molecule is Cn1c(N=Nc2ccc(N3CCCCC3C(=O)[O-])cc2)[n+](C)c2ccc(N)cc21. The number of aromatic nitrogens is 2. The van der Waals surface area contributed by atoms with E-state index in [-0.39, 0.29) is 0 Å². The lowest BCUT2D eigenvalue weighted by atomic mass is 10.0. The van der Waals surface area contributed by atoms with Gasteiger partial charge in [-0.2, -0.15) is 0 Å². The van der Waals surface area contributed by atoms with Crippen molar-refractivity contribution < 1.29 is 14.5 Å². The van der Waals surface area contributed by atoms with Crippen molar-refractivity contribution in [1.29, 1.82) is 0 Å². The third kappa shape index (κ3) is 3.53. The lowest BCUT2D eigenvalue weighted by molar-refractivity contribution is -0.632. The molecule has 8 nitrogen and oxygen atoms in total. The minimum Gasteiger partial charge on any atom is -0.548 e. The van der Waals surface area contributed by atoms with Gasteiger partial charge in [0.15, 0.2) is 0 Å². The van der Waals surface area contributed by atoms with Crippen LogP contribution in [0.2, 0.25) is 0 Å². The second-order valence-corrected chi connectivity index (χ2v) is 7.41. The van der Waals surface area contributed by atoms with Crippen LogP contribution < -0.4 is 20.3 Å². The second kappa shape index (κ2) is 7.54. The van der Waals surface area contributed by atoms with Crippen molar-refractivity contribution in [1.82, 2.24) is 4.57 Å². The Morgan fingerprint density at radius 1 is 1.17 bits per heavy atom. The number of anilines is 2. The Hall–Kier alpha value is -3.42. The van der Waals surface area contributed by atoms with Gasteiger partial charge < -0.3 is 20.5 Å². The number of carboxylic acid groups (broad SMARTS) is 1. The summed E-state index contributed by atoms with van der Waals surface area (Å²) in [6.45, 7) is 0.717. The van der Waals surface area contributed by atoms with E-state index in [2.05, 4.69) is 10.2 Å². The van der Waals surface area contributed by atoms with Gasteiger partial charge in [-0.3, -0.25) is 0 Å². The predicted molar refractivity (Wildman–Crippen MR) is 109 cm³/mol. The monoisotopic (exact) mass is 392 g/mol. The molecular formula is C21H24N6O2. The number of imidazole rings is 1. The summed E-state index contributed by atoms with van der Waals surface area (Å²) in [5.41, 5.74) is 10.2. The van der Waals surface area contributed by atoms with E-state index in [1.54, 1.807) is 0 Å². The molecule has 2 N–H and O–H groups in total. The number of benzene rings is 2. The largest absolute Gasteiger partial charge is 0.548 e. The molecule has 1 atom stereocenters. The van der Waals surface area contributed by atoms with Gasteiger partial charge in [0, 0.05) is 29.1 Å². The van der Waals surface area contributed by atoms with Crippen molar-refractivity contribution in [3.8, 4) is 0 Å². The maximum atomic E-state index is 11.4. The van der Waals surface area contributed by atoms with E-state index in [0.29, 0.717) is 30.3 Å². The van der Waals surface area contributed by atoms with Crippen molar-refractivity contribution in [2.75, 3.05) is 17.2 Å². The van der Waals surface area contributed by atoms with Gasteiger partial charge in [0.05, 0.1) is 26.1 Å². The first kappa shape index (κ1) is 18.9. The standard InChI is InChI=1S/C21H24N6O2/c1-25-17-11-6-14(22)13-19(17)26(2)21(25)24-23-15-7-9-16(10-8-15)27-12-4-3-5-18(27)20(28)29/h6-11,13,18H,3-5,12H2,1-2H3,(H2-,22,23,28,29). The van der Waals surface area contributed by atoms with Crippen LogP contribution in [0.1, 0.15) is 19.3 Å². The Morgan fingerprint density at radius 2 is 1.93 bits per heavy atom. The van der Waals surface area contributed by atoms with Crippen LogP contribution in [0.3, 0.4) is 0 Å². The van der Waals surface area contributed by atoms with Gasteiger partial charge in [-0.15, -0.1) is 0 Å². The number of piperidine rings is 1. The fourth-order valence-corrected chi connectivity index (χ4v) is 3.97. The number of azo groups is 1. The maximum Gasteiger partial charge on any atom is 0.422 e. The minimum atomic E-state index is -1.02. The summed E-state index contributed by atoms with van der Waals surface area (Å²) in [5, 5.41) is 20.2. The number of nitrogen functional groups attached to an aromatic ring is 1. The maximum absolute atomic E-state index is 11.4. The molecule has 2 aromatic carbocycles. The highest BCUT2D eigenvalue weighted by molar-refractivity contribution is 5.78. The highest BCUT2D eigenvalue weighted by atomic mass is 16.4. The van der Waals surface area contributed by atoms with Gasteiger partial charge in [0.1, 0.15) is 16.7 Å². The van der Waals surface area contributed by atoms with Crippen LogP contribution in [-0.4, -0.2) is 23.1 Å². The Bertz CT molecular complexity index is 1090. The average Bonchev–Trinajstić information content (AvgIpc) is 2.96. The van der Waals surface area contributed by atoms with E-state index >= 15 is 0 Å². The number of aryl methyl sites for hydroxylation is 2. The van der Waals surface area contributed by atoms with E-state index in [4.69, 9.17) is 5.73 Å². The zero-order valence-electron chi connectivity index (χ0n) is 16.6. The van der Waals surface area contributed by atoms with Gasteiger partial charge in [-0.25, -0.2) is 9.13 Å². The van der Waals surface area contributed by atoms with Crippen molar-refractivity contribution in [3.63, 3.8) is 0 Å². The van der Waals surface area contributed by atoms with Crippen LogP contribution in [0.25, 0.3) is 11.0 Å². The van der Waals surface area contributed by atoms with Crippen molar-refractivity contribution in [2.45, 2.75) is 25.3 Å². The number of nitrogens with two attached hydrogens (primary N) is 1. The Kier molecular flexibility index (Phi) is 4.92. The summed E-state index contributed by atoms with van der Waals surface area (Å²) >= 11 is 0. The molecular weight excluding hydrogens is 368 g/mol. The predicted octanol–water partition coefficient (Wildman–Crippen LogP) is 2.11. The molecule has 3 aromatic rings. The smallest absolute Gasteiger partial charge is 0.422 e. The number of aliphatic carboxylic acids is 1. The van der Waals surface area contributed by atoms with E-state index < -0.39 is 12.0 Å². The lowest BCUT2D eigenvalue weighted by Gasteiger charge is -2.38. The first-order chi connectivity index (χ1) is 14.0. The molecule has 0 bridgehead atoms. The molecule has 1 aliphatic heterocycles. The molecule has 29 heavy (non-hydrogen) atoms. The van der Waals surface area contributed by atoms with Crippen LogP contribution in [0.5, 0.6) is 0 Å². The molecule has 1 aliphatic rings. The zero-order chi connectivity index (χ0) is 20.5. The van der Waals surface area contributed by atoms with Crippen LogP contribution in [0.15, 0.2) is 52.7 Å². The van der Waals surface area contributed by atoms with E-state index in [9.17, 15) is 9.90 Å². The number of rotatable bonds is 4. The van der Waals surface area contributed by atoms with E-state index in [0.717, 1.165) is 29.6 Å². The summed E-state index contributed by atoms with van der Waals surface area (Å²) in [7, 11) is 3.86. The molecule has 0 amide bonds. The first-order valence-corrected chi connectivity index (χ1v) is 9.69. The Labute approximate surface area is 168 Å². The summed E-state index contributed by atoms with van der Waals surface area (Å²) in [6, 6.07) is 12.6. The van der Waals surface area contributed by atoms with Crippen LogP contribution >= 0.6 is 0 Å². The number of carbonyl (C=O) groups excluding carboxylic acids is 1. The molecule has 1 aromatic heterocycles. The summed E-state index contributed by atoms with van der Waals surface area (Å²) in [6.07, 6.45) is 2.51. The minimum absolute atomic E-state index is 0.571. The Balaban J connectivity index is 1.59. The molecule has 150 valence electrons. The van der Waals surface area contributed by atoms with Gasteiger partial charge in [0.25, 0.3) is 0 Å². The second-order valence-electron chi connectivity index (χ2n) is 7.41. The average molecular weight is 392 g/mol. The number of hydrogen-bond donors (Lipinski definition) is 1. The number of hydrogen-bond acceptors (Lipinski definition) is 6. The van der Waals surface area contributed by atoms with Crippen molar-refractivity contribution in [3.05, 3.63) is 42.5 Å². The number of nitrogens with zero attached hydrogens (tertiary/aromatic N) is 5. The highest BCUT2D eigenvalue weighted by Gasteiger charge is 2.24. The molecule has 1 unspecified atom stereocenters. The van der Waals surface area contributed by atoms with Gasteiger partial charge in [-0.1, -0.05) is 5.11 Å². The zero-order valence-corrected chi connectivity index (χ0v) is 16.6. The molecule has 0 spiro atoms. The van der Waals surface area contributed by atoms with Gasteiger partial charge >= 0.3 is 5.95 Å². The molecule has 1 saturated heterocycles. The van der Waals surface area contributed by atoms with Gasteiger partial charge in [-0.05, 0) is 55.7 Å². The quantitative estimate of drug-likeness (QED) is 0.417. The number of carbonyl (C=O) groups is 1. The van der Waals surface area contributed by atoms with Crippen molar-refractivity contribution >= 4 is 40.0 Å². The van der Waals surface area contributed by atoms with Gasteiger partial charge in [0.2, 0.25) is 0 Å². The Morgan fingerprint density at radius 3 is 2.66 bits per heavy atom. The fourth-order valence-electron chi connectivity index (χ4n) is 3.97. The number of fused-ring (bicyclic) bond motifs is 1. The number of carboxylic acids is 1. The highest BCUT2D eigenvalue weighted by Crippen LogP contribution is 2.28. The fraction of sp³-hybridized carbons (Fsp3) is 0.333. The summed E-state index contributed by atoms with van der Waals surface area (Å²) in [4.78, 5) is 13.3. The molecule has 0 radical (unpaired) electrons. The van der Waals surface area contributed by atoms with Crippen LogP contribution in [0.4, 0.5) is 23.0 Å². The molecule has 0 saturated carbocycles. The molecule has 1 fully saturated rings. The molecule has 0 aliphatic carbocycles. The normalized spacial score (nSPS) is 17.3. The lowest BCUT2D eigenvalue weighted by Crippen LogP contribution is -2.50. The third-order valence-electron chi connectivity index (χ3n) is 5.53. The van der Waals surface area contributed by atoms with E-state index in [1.165, 1.54) is 0 Å². The third-order valence-corrected chi connectivity index (χ3v) is 5.53. The summed E-state index contributed by atoms with van der Waals surface area (Å²) < 4.78 is 3.91. The van der Waals surface area contributed by atoms with Crippen LogP contribution in [-0.2, 0) is 18.9 Å². The summed E-state index contributed by atoms with van der Waals surface area (Å²) in [5.74, 6) is -0.319. The molecule has 4 rings (SSSR count). The topological polar surface area (TPSA) is 103 Å². The molecule has 8 heteroatoms. The van der Waals surface area contributed by atoms with Crippen LogP contribution in [0, 0.1) is 0 Å². The van der Waals surface area contributed by atoms with Crippen molar-refractivity contribution in [2.24, 2.45) is 24.3 Å².